The van der Waals surface area contributed by atoms with Crippen LogP contribution in [0.2, 0.25) is 0 Å². The lowest BCUT2D eigenvalue weighted by Gasteiger charge is -2.16. The zero-order valence-corrected chi connectivity index (χ0v) is 17.5. The van der Waals surface area contributed by atoms with Crippen molar-refractivity contribution in [2.75, 3.05) is 10.6 Å². The number of benzene rings is 2. The Labute approximate surface area is 182 Å². The first-order chi connectivity index (χ1) is 14.7. The van der Waals surface area contributed by atoms with Crippen molar-refractivity contribution in [1.82, 2.24) is 0 Å². The third-order valence-electron chi connectivity index (χ3n) is 5.97. The highest BCUT2D eigenvalue weighted by atomic mass is 32.2. The second-order valence-electron chi connectivity index (χ2n) is 7.72. The number of nitrogens with one attached hydrogen (secondary N) is 2. The van der Waals surface area contributed by atoms with Gasteiger partial charge >= 0.3 is 0 Å². The van der Waals surface area contributed by atoms with Gasteiger partial charge in [-0.05, 0) is 23.3 Å². The van der Waals surface area contributed by atoms with Gasteiger partial charge in [-0.25, -0.2) is 0 Å². The number of para-hydroxylation sites is 2. The summed E-state index contributed by atoms with van der Waals surface area (Å²) in [6, 6.07) is 15.9. The van der Waals surface area contributed by atoms with E-state index in [1.165, 1.54) is 9.81 Å². The van der Waals surface area contributed by atoms with Crippen molar-refractivity contribution in [3.63, 3.8) is 0 Å². The molecule has 0 aromatic heterocycles. The van der Waals surface area contributed by atoms with Crippen LogP contribution in [0.3, 0.4) is 0 Å². The molecule has 0 aliphatic carbocycles. The van der Waals surface area contributed by atoms with Crippen LogP contribution in [0.15, 0.2) is 82.6 Å². The molecule has 0 saturated carbocycles. The molecule has 4 heterocycles. The highest BCUT2D eigenvalue weighted by Crippen LogP contribution is 2.51. The summed E-state index contributed by atoms with van der Waals surface area (Å²) in [5.74, 6) is -0.203. The molecule has 0 spiro atoms. The van der Waals surface area contributed by atoms with Crippen LogP contribution in [0.5, 0.6) is 0 Å². The Bertz CT molecular complexity index is 1090. The summed E-state index contributed by atoms with van der Waals surface area (Å²) in [6.07, 6.45) is 8.53. The summed E-state index contributed by atoms with van der Waals surface area (Å²) in [5.41, 5.74) is 3.98. The average molecular weight is 431 g/mol. The van der Waals surface area contributed by atoms with Crippen molar-refractivity contribution in [3.05, 3.63) is 93.8 Å². The predicted molar refractivity (Wildman–Crippen MR) is 124 cm³/mol. The smallest absolute Gasteiger partial charge is 0.233 e. The zero-order valence-electron chi connectivity index (χ0n) is 15.9. The predicted octanol–water partition coefficient (Wildman–Crippen LogP) is 5.01. The number of carbonyl (C=O) groups excluding carboxylic acids is 2. The van der Waals surface area contributed by atoms with Crippen molar-refractivity contribution in [1.29, 1.82) is 0 Å². The normalized spacial score (nSPS) is 31.1. The SMILES string of the molecule is O=C1Nc2ccccc2C1C1C=CC(=C2C=CC(C3C(=O)Nc4ccccc43)S2)S1. The Balaban J connectivity index is 1.22. The molecule has 4 atom stereocenters. The molecule has 4 unspecified atom stereocenters. The number of allylic oxidation sites excluding steroid dienone is 2. The summed E-state index contributed by atoms with van der Waals surface area (Å²) in [7, 11) is 0. The Hall–Kier alpha value is -2.70. The Morgan fingerprint density at radius 1 is 0.633 bits per heavy atom. The number of rotatable bonds is 2. The minimum absolute atomic E-state index is 0.0660. The van der Waals surface area contributed by atoms with Gasteiger partial charge in [0.25, 0.3) is 0 Å². The van der Waals surface area contributed by atoms with E-state index in [1.807, 2.05) is 48.5 Å². The first-order valence-electron chi connectivity index (χ1n) is 9.92. The van der Waals surface area contributed by atoms with Crippen molar-refractivity contribution in [3.8, 4) is 0 Å². The maximum atomic E-state index is 12.6. The maximum Gasteiger partial charge on any atom is 0.233 e. The fourth-order valence-electron chi connectivity index (χ4n) is 4.57. The number of carbonyl (C=O) groups is 2. The molecule has 2 N–H and O–H groups in total. The topological polar surface area (TPSA) is 58.2 Å². The number of hydrogen-bond acceptors (Lipinski definition) is 4. The van der Waals surface area contributed by atoms with Crippen LogP contribution in [0.1, 0.15) is 23.0 Å². The molecule has 2 aromatic rings. The van der Waals surface area contributed by atoms with E-state index in [0.29, 0.717) is 0 Å². The lowest BCUT2D eigenvalue weighted by atomic mass is 9.96. The number of thioether (sulfide) groups is 2. The van der Waals surface area contributed by atoms with Crippen LogP contribution < -0.4 is 10.6 Å². The Morgan fingerprint density at radius 2 is 1.07 bits per heavy atom. The lowest BCUT2D eigenvalue weighted by Crippen LogP contribution is -2.20. The van der Waals surface area contributed by atoms with Gasteiger partial charge in [0.15, 0.2) is 0 Å². The molecule has 0 radical (unpaired) electrons. The van der Waals surface area contributed by atoms with Crippen molar-refractivity contribution in [2.45, 2.75) is 22.3 Å². The zero-order chi connectivity index (χ0) is 20.2. The molecule has 6 rings (SSSR count). The molecular formula is C24H18N2O2S2. The molecule has 4 aliphatic rings. The van der Waals surface area contributed by atoms with Gasteiger partial charge in [-0.15, -0.1) is 23.5 Å². The maximum absolute atomic E-state index is 12.6. The number of amides is 2. The molecule has 0 bridgehead atoms. The molecule has 4 nitrogen and oxygen atoms in total. The molecule has 0 saturated heterocycles. The van der Waals surface area contributed by atoms with Crippen LogP contribution in [0.4, 0.5) is 11.4 Å². The first-order valence-corrected chi connectivity index (χ1v) is 11.7. The van der Waals surface area contributed by atoms with Crippen molar-refractivity contribution < 1.29 is 9.59 Å². The minimum Gasteiger partial charge on any atom is -0.325 e. The van der Waals surface area contributed by atoms with Gasteiger partial charge in [-0.3, -0.25) is 9.59 Å². The van der Waals surface area contributed by atoms with Crippen LogP contribution in [-0.2, 0) is 9.59 Å². The van der Waals surface area contributed by atoms with E-state index in [9.17, 15) is 9.59 Å². The Kier molecular flexibility index (Phi) is 4.18. The number of fused-ring (bicyclic) bond motifs is 2. The summed E-state index contributed by atoms with van der Waals surface area (Å²) >= 11 is 3.48. The fraction of sp³-hybridized carbons (Fsp3) is 0.167. The Morgan fingerprint density at radius 3 is 1.53 bits per heavy atom. The van der Waals surface area contributed by atoms with E-state index in [0.717, 1.165) is 22.5 Å². The third-order valence-corrected chi connectivity index (χ3v) is 8.72. The van der Waals surface area contributed by atoms with Gasteiger partial charge in [-0.2, -0.15) is 0 Å². The molecular weight excluding hydrogens is 412 g/mol. The van der Waals surface area contributed by atoms with E-state index >= 15 is 0 Å². The molecule has 4 aliphatic heterocycles. The molecule has 6 heteroatoms. The van der Waals surface area contributed by atoms with Crippen LogP contribution in [0, 0.1) is 0 Å². The minimum atomic E-state index is -0.167. The quantitative estimate of drug-likeness (QED) is 0.703. The van der Waals surface area contributed by atoms with Crippen LogP contribution >= 0.6 is 23.5 Å². The summed E-state index contributed by atoms with van der Waals surface area (Å²) in [4.78, 5) is 27.5. The van der Waals surface area contributed by atoms with Crippen molar-refractivity contribution >= 4 is 46.7 Å². The van der Waals surface area contributed by atoms with Gasteiger partial charge < -0.3 is 10.6 Å². The molecule has 2 aromatic carbocycles. The fourth-order valence-corrected chi connectivity index (χ4v) is 7.26. The van der Waals surface area contributed by atoms with Crippen LogP contribution in [0.25, 0.3) is 0 Å². The van der Waals surface area contributed by atoms with E-state index in [-0.39, 0.29) is 34.2 Å². The van der Waals surface area contributed by atoms with E-state index in [1.54, 1.807) is 23.5 Å². The van der Waals surface area contributed by atoms with E-state index < -0.39 is 0 Å². The number of anilines is 2. The lowest BCUT2D eigenvalue weighted by molar-refractivity contribution is -0.117. The first kappa shape index (κ1) is 18.1. The van der Waals surface area contributed by atoms with Gasteiger partial charge in [-0.1, -0.05) is 60.7 Å². The van der Waals surface area contributed by atoms with Gasteiger partial charge in [0.2, 0.25) is 11.8 Å². The number of hydrogen-bond donors (Lipinski definition) is 2. The van der Waals surface area contributed by atoms with Crippen molar-refractivity contribution in [2.24, 2.45) is 0 Å². The molecule has 2 amide bonds. The summed E-state index contributed by atoms with van der Waals surface area (Å²) < 4.78 is 0. The largest absolute Gasteiger partial charge is 0.325 e. The molecule has 148 valence electrons. The highest BCUT2D eigenvalue weighted by Gasteiger charge is 2.40. The average Bonchev–Trinajstić information content (AvgIpc) is 3.50. The second-order valence-corrected chi connectivity index (χ2v) is 10.2. The summed E-state index contributed by atoms with van der Waals surface area (Å²) in [6.45, 7) is 0. The summed E-state index contributed by atoms with van der Waals surface area (Å²) in [5, 5.41) is 6.17. The standard InChI is InChI=1S/C24H18N2O2S2/c27-23-21(13-5-1-3-7-15(13)25-23)19-11-9-17(29-19)18-10-12-20(30-18)22-14-6-2-4-8-16(14)26-24(22)28/h1-12,19-22H,(H,25,27)(H,26,28). The third kappa shape index (κ3) is 2.78. The van der Waals surface area contributed by atoms with Gasteiger partial charge in [0, 0.05) is 31.7 Å². The monoisotopic (exact) mass is 430 g/mol. The van der Waals surface area contributed by atoms with Crippen LogP contribution in [-0.4, -0.2) is 22.3 Å². The molecule has 0 fully saturated rings. The van der Waals surface area contributed by atoms with Gasteiger partial charge in [0.05, 0.1) is 11.8 Å². The molecule has 30 heavy (non-hydrogen) atoms. The van der Waals surface area contributed by atoms with E-state index in [2.05, 4.69) is 34.9 Å². The highest BCUT2D eigenvalue weighted by molar-refractivity contribution is 8.08. The second kappa shape index (κ2) is 6.93. The van der Waals surface area contributed by atoms with Gasteiger partial charge in [0.1, 0.15) is 0 Å². The van der Waals surface area contributed by atoms with E-state index in [4.69, 9.17) is 0 Å².